The molecular formula is C20H21N3O3S2. The molecule has 1 saturated heterocycles. The highest BCUT2D eigenvalue weighted by Crippen LogP contribution is 2.32. The van der Waals surface area contributed by atoms with Crippen molar-refractivity contribution in [2.45, 2.75) is 26.3 Å². The summed E-state index contributed by atoms with van der Waals surface area (Å²) in [5.41, 5.74) is 3.92. The minimum absolute atomic E-state index is 0.0606. The van der Waals surface area contributed by atoms with E-state index in [0.29, 0.717) is 6.42 Å². The molecule has 0 spiro atoms. The number of hydrogen-bond donors (Lipinski definition) is 1. The van der Waals surface area contributed by atoms with Crippen molar-refractivity contribution in [1.82, 2.24) is 9.78 Å². The number of nitrogens with one attached hydrogen (secondary N) is 1. The van der Waals surface area contributed by atoms with Gasteiger partial charge in [0.2, 0.25) is 0 Å². The number of aryl methyl sites for hydroxylation is 1. The van der Waals surface area contributed by atoms with Crippen LogP contribution in [0.1, 0.15) is 34.1 Å². The van der Waals surface area contributed by atoms with Crippen molar-refractivity contribution < 1.29 is 13.2 Å². The van der Waals surface area contributed by atoms with E-state index in [9.17, 15) is 13.2 Å². The Balaban J connectivity index is 1.69. The van der Waals surface area contributed by atoms with E-state index in [0.717, 1.165) is 27.4 Å². The summed E-state index contributed by atoms with van der Waals surface area (Å²) in [5, 5.41) is 9.39. The van der Waals surface area contributed by atoms with Gasteiger partial charge in [-0.15, -0.1) is 11.3 Å². The fraction of sp³-hybridized carbons (Fsp3) is 0.300. The molecule has 28 heavy (non-hydrogen) atoms. The normalized spacial score (nSPS) is 18.3. The van der Waals surface area contributed by atoms with Crippen LogP contribution in [0.15, 0.2) is 41.8 Å². The van der Waals surface area contributed by atoms with Gasteiger partial charge in [0.15, 0.2) is 15.5 Å². The molecule has 6 nitrogen and oxygen atoms in total. The SMILES string of the molecule is Cc1cccc(NC(=O)c2cc(-c3cccs3)n(C3CCS(=O)(=O)C3)n2)c1C. The molecule has 1 N–H and O–H groups in total. The Bertz CT molecular complexity index is 1130. The number of amides is 1. The van der Waals surface area contributed by atoms with Gasteiger partial charge in [-0.05, 0) is 55.0 Å². The van der Waals surface area contributed by atoms with E-state index >= 15 is 0 Å². The van der Waals surface area contributed by atoms with Gasteiger partial charge in [-0.25, -0.2) is 8.42 Å². The molecule has 2 aromatic heterocycles. The summed E-state index contributed by atoms with van der Waals surface area (Å²) in [5.74, 6) is -0.0811. The second-order valence-electron chi connectivity index (χ2n) is 7.10. The van der Waals surface area contributed by atoms with Crippen LogP contribution in [-0.2, 0) is 9.84 Å². The topological polar surface area (TPSA) is 81.1 Å². The summed E-state index contributed by atoms with van der Waals surface area (Å²) in [6, 6.07) is 11.1. The number of aromatic nitrogens is 2. The Morgan fingerprint density at radius 3 is 2.75 bits per heavy atom. The molecule has 4 rings (SSSR count). The van der Waals surface area contributed by atoms with Gasteiger partial charge in [0.05, 0.1) is 28.1 Å². The Hall–Kier alpha value is -2.45. The van der Waals surface area contributed by atoms with E-state index in [4.69, 9.17) is 0 Å². The first kappa shape index (κ1) is 18.9. The van der Waals surface area contributed by atoms with E-state index in [1.807, 2.05) is 49.6 Å². The monoisotopic (exact) mass is 415 g/mol. The van der Waals surface area contributed by atoms with Gasteiger partial charge in [0.1, 0.15) is 0 Å². The summed E-state index contributed by atoms with van der Waals surface area (Å²) < 4.78 is 25.6. The molecule has 1 atom stereocenters. The maximum atomic E-state index is 12.9. The van der Waals surface area contributed by atoms with Gasteiger partial charge in [-0.1, -0.05) is 18.2 Å². The van der Waals surface area contributed by atoms with Crippen LogP contribution in [0.4, 0.5) is 5.69 Å². The van der Waals surface area contributed by atoms with Crippen molar-refractivity contribution in [3.63, 3.8) is 0 Å². The average molecular weight is 416 g/mol. The summed E-state index contributed by atoms with van der Waals surface area (Å²) in [6.07, 6.45) is 0.514. The Morgan fingerprint density at radius 1 is 1.25 bits per heavy atom. The standard InChI is InChI=1S/C20H21N3O3S2/c1-13-5-3-6-16(14(13)2)21-20(24)17-11-18(19-7-4-9-27-19)23(22-17)15-8-10-28(25,26)12-15/h3-7,9,11,15H,8,10,12H2,1-2H3,(H,21,24). The van der Waals surface area contributed by atoms with Crippen molar-refractivity contribution in [2.24, 2.45) is 0 Å². The molecule has 1 aliphatic rings. The lowest BCUT2D eigenvalue weighted by atomic mass is 10.1. The molecule has 146 valence electrons. The van der Waals surface area contributed by atoms with Crippen LogP contribution in [0.3, 0.4) is 0 Å². The van der Waals surface area contributed by atoms with Gasteiger partial charge in [-0.2, -0.15) is 5.10 Å². The molecule has 1 amide bonds. The molecule has 1 aromatic carbocycles. The van der Waals surface area contributed by atoms with Gasteiger partial charge in [0.25, 0.3) is 5.91 Å². The molecule has 3 heterocycles. The van der Waals surface area contributed by atoms with E-state index < -0.39 is 9.84 Å². The van der Waals surface area contributed by atoms with Gasteiger partial charge in [0, 0.05) is 5.69 Å². The van der Waals surface area contributed by atoms with Crippen LogP contribution in [0.2, 0.25) is 0 Å². The van der Waals surface area contributed by atoms with Crippen molar-refractivity contribution in [3.05, 3.63) is 58.6 Å². The maximum Gasteiger partial charge on any atom is 0.276 e. The number of carbonyl (C=O) groups excluding carboxylic acids is 1. The average Bonchev–Trinajstić information content (AvgIpc) is 3.37. The third-order valence-corrected chi connectivity index (χ3v) is 7.79. The van der Waals surface area contributed by atoms with E-state index in [1.54, 1.807) is 22.1 Å². The van der Waals surface area contributed by atoms with Crippen LogP contribution in [0.25, 0.3) is 10.6 Å². The van der Waals surface area contributed by atoms with Gasteiger partial charge >= 0.3 is 0 Å². The fourth-order valence-electron chi connectivity index (χ4n) is 3.43. The van der Waals surface area contributed by atoms with Crippen LogP contribution in [0, 0.1) is 13.8 Å². The lowest BCUT2D eigenvalue weighted by Crippen LogP contribution is -2.17. The first-order chi connectivity index (χ1) is 13.3. The lowest BCUT2D eigenvalue weighted by molar-refractivity contribution is 0.102. The number of nitrogens with zero attached hydrogens (tertiary/aromatic N) is 2. The van der Waals surface area contributed by atoms with Crippen molar-refractivity contribution >= 4 is 32.8 Å². The summed E-state index contributed by atoms with van der Waals surface area (Å²) in [4.78, 5) is 13.8. The highest BCUT2D eigenvalue weighted by molar-refractivity contribution is 7.91. The van der Waals surface area contributed by atoms with Crippen molar-refractivity contribution in [1.29, 1.82) is 0 Å². The number of rotatable bonds is 4. The molecule has 1 fully saturated rings. The largest absolute Gasteiger partial charge is 0.320 e. The molecule has 0 radical (unpaired) electrons. The highest BCUT2D eigenvalue weighted by atomic mass is 32.2. The molecular weight excluding hydrogens is 394 g/mol. The van der Waals surface area contributed by atoms with Crippen LogP contribution in [0.5, 0.6) is 0 Å². The number of anilines is 1. The molecule has 1 unspecified atom stereocenters. The maximum absolute atomic E-state index is 12.9. The third kappa shape index (κ3) is 3.62. The molecule has 0 bridgehead atoms. The summed E-state index contributed by atoms with van der Waals surface area (Å²) in [6.45, 7) is 3.96. The van der Waals surface area contributed by atoms with E-state index in [1.165, 1.54) is 0 Å². The zero-order valence-corrected chi connectivity index (χ0v) is 17.3. The van der Waals surface area contributed by atoms with Crippen molar-refractivity contribution in [3.8, 4) is 10.6 Å². The predicted molar refractivity (Wildman–Crippen MR) is 112 cm³/mol. The molecule has 0 aliphatic carbocycles. The van der Waals surface area contributed by atoms with Gasteiger partial charge in [-0.3, -0.25) is 9.48 Å². The third-order valence-electron chi connectivity index (χ3n) is 5.15. The second kappa shape index (κ2) is 7.18. The van der Waals surface area contributed by atoms with Crippen molar-refractivity contribution in [2.75, 3.05) is 16.8 Å². The van der Waals surface area contributed by atoms with Gasteiger partial charge < -0.3 is 5.32 Å². The van der Waals surface area contributed by atoms with E-state index in [2.05, 4.69) is 10.4 Å². The zero-order chi connectivity index (χ0) is 19.9. The second-order valence-corrected chi connectivity index (χ2v) is 10.3. The van der Waals surface area contributed by atoms with Crippen LogP contribution in [-0.4, -0.2) is 35.6 Å². The Labute approximate surface area is 168 Å². The number of sulfone groups is 1. The minimum Gasteiger partial charge on any atom is -0.320 e. The molecule has 1 aliphatic heterocycles. The number of hydrogen-bond acceptors (Lipinski definition) is 5. The number of thiophene rings is 1. The molecule has 3 aromatic rings. The number of carbonyl (C=O) groups is 1. The fourth-order valence-corrected chi connectivity index (χ4v) is 5.86. The Morgan fingerprint density at radius 2 is 2.07 bits per heavy atom. The Kier molecular flexibility index (Phi) is 4.84. The molecule has 0 saturated carbocycles. The smallest absolute Gasteiger partial charge is 0.276 e. The summed E-state index contributed by atoms with van der Waals surface area (Å²) >= 11 is 1.54. The van der Waals surface area contributed by atoms with E-state index in [-0.39, 0.29) is 29.1 Å². The van der Waals surface area contributed by atoms with Crippen LogP contribution >= 0.6 is 11.3 Å². The number of benzene rings is 1. The first-order valence-electron chi connectivity index (χ1n) is 9.05. The minimum atomic E-state index is -3.06. The molecule has 8 heteroatoms. The predicted octanol–water partition coefficient (Wildman–Crippen LogP) is 3.84. The highest BCUT2D eigenvalue weighted by Gasteiger charge is 2.32. The summed E-state index contributed by atoms with van der Waals surface area (Å²) in [7, 11) is -3.06. The quantitative estimate of drug-likeness (QED) is 0.702. The zero-order valence-electron chi connectivity index (χ0n) is 15.7. The lowest BCUT2D eigenvalue weighted by Gasteiger charge is -2.12. The van der Waals surface area contributed by atoms with Crippen LogP contribution < -0.4 is 5.32 Å². The first-order valence-corrected chi connectivity index (χ1v) is 11.8.